The molecule has 0 heterocycles. The van der Waals surface area contributed by atoms with Crippen LogP contribution in [0.2, 0.25) is 0 Å². The summed E-state index contributed by atoms with van der Waals surface area (Å²) in [5, 5.41) is 0. The number of nitrogens with two attached hydrogens (primary N) is 2. The Hall–Kier alpha value is -1.94. The Morgan fingerprint density at radius 1 is 1.41 bits per heavy atom. The summed E-state index contributed by atoms with van der Waals surface area (Å²) in [6.45, 7) is 9.75. The third-order valence-electron chi connectivity index (χ3n) is 2.02. The second-order valence-electron chi connectivity index (χ2n) is 3.19. The Morgan fingerprint density at radius 3 is 2.47 bits per heavy atom. The van der Waals surface area contributed by atoms with Gasteiger partial charge in [-0.15, -0.1) is 0 Å². The van der Waals surface area contributed by atoms with Crippen LogP contribution in [0.1, 0.15) is 6.92 Å². The summed E-state index contributed by atoms with van der Waals surface area (Å²) < 4.78 is 0. The molecule has 92 valence electrons. The molecule has 0 aliphatic heterocycles. The second-order valence-corrected chi connectivity index (χ2v) is 3.19. The summed E-state index contributed by atoms with van der Waals surface area (Å²) in [5.74, 6) is 0.762. The Labute approximate surface area is 103 Å². The van der Waals surface area contributed by atoms with Crippen molar-refractivity contribution in [2.45, 2.75) is 6.92 Å². The lowest BCUT2D eigenvalue weighted by atomic mass is 10.1. The Bertz CT molecular complexity index is 398. The van der Waals surface area contributed by atoms with Gasteiger partial charge in [-0.1, -0.05) is 31.4 Å². The van der Waals surface area contributed by atoms with Crippen LogP contribution in [0, 0.1) is 0 Å². The standard InChI is InChI=1S/C13H20N4/c1-5-7-8-11(9-14)10(3)13(16-4)17-12(15)6-2/h5-8H,2-3,9,14H2,1,4H3,(H2,15,16,17)/b7-5-,11-8-. The van der Waals surface area contributed by atoms with Gasteiger partial charge < -0.3 is 11.5 Å². The van der Waals surface area contributed by atoms with Gasteiger partial charge in [-0.3, -0.25) is 4.99 Å². The first-order valence-corrected chi connectivity index (χ1v) is 5.25. The van der Waals surface area contributed by atoms with Gasteiger partial charge in [0.2, 0.25) is 0 Å². The first kappa shape index (κ1) is 15.1. The number of amidine groups is 2. The minimum absolute atomic E-state index is 0.300. The summed E-state index contributed by atoms with van der Waals surface area (Å²) in [6.07, 6.45) is 7.14. The molecule has 0 saturated carbocycles. The van der Waals surface area contributed by atoms with Crippen LogP contribution in [0.15, 0.2) is 58.6 Å². The van der Waals surface area contributed by atoms with E-state index in [0.717, 1.165) is 5.57 Å². The van der Waals surface area contributed by atoms with Gasteiger partial charge in [0.25, 0.3) is 0 Å². The predicted octanol–water partition coefficient (Wildman–Crippen LogP) is 1.58. The van der Waals surface area contributed by atoms with E-state index in [4.69, 9.17) is 11.5 Å². The lowest BCUT2D eigenvalue weighted by Gasteiger charge is -2.07. The van der Waals surface area contributed by atoms with Crippen molar-refractivity contribution in [1.29, 1.82) is 0 Å². The maximum atomic E-state index is 5.65. The average molecular weight is 232 g/mol. The third kappa shape index (κ3) is 5.08. The highest BCUT2D eigenvalue weighted by molar-refractivity contribution is 6.10. The average Bonchev–Trinajstić information content (AvgIpc) is 2.36. The summed E-state index contributed by atoms with van der Waals surface area (Å²) in [5.41, 5.74) is 12.8. The zero-order valence-corrected chi connectivity index (χ0v) is 10.5. The molecule has 0 aliphatic rings. The molecule has 4 heteroatoms. The topological polar surface area (TPSA) is 76.8 Å². The number of hydrogen-bond donors (Lipinski definition) is 2. The van der Waals surface area contributed by atoms with Crippen molar-refractivity contribution in [3.8, 4) is 0 Å². The molecule has 0 aromatic carbocycles. The number of rotatable bonds is 5. The van der Waals surface area contributed by atoms with Crippen molar-refractivity contribution in [3.63, 3.8) is 0 Å². The molecule has 0 unspecified atom stereocenters. The van der Waals surface area contributed by atoms with Gasteiger partial charge >= 0.3 is 0 Å². The van der Waals surface area contributed by atoms with Crippen LogP contribution < -0.4 is 11.5 Å². The van der Waals surface area contributed by atoms with E-state index in [-0.39, 0.29) is 0 Å². The van der Waals surface area contributed by atoms with Crippen molar-refractivity contribution in [2.75, 3.05) is 13.6 Å². The van der Waals surface area contributed by atoms with Crippen LogP contribution in [0.4, 0.5) is 0 Å². The van der Waals surface area contributed by atoms with Gasteiger partial charge in [0.05, 0.1) is 0 Å². The van der Waals surface area contributed by atoms with E-state index < -0.39 is 0 Å². The molecule has 0 bridgehead atoms. The molecule has 0 saturated heterocycles. The van der Waals surface area contributed by atoms with E-state index in [0.29, 0.717) is 23.8 Å². The van der Waals surface area contributed by atoms with E-state index >= 15 is 0 Å². The van der Waals surface area contributed by atoms with Crippen molar-refractivity contribution in [1.82, 2.24) is 0 Å². The lowest BCUT2D eigenvalue weighted by Crippen LogP contribution is -2.15. The highest BCUT2D eigenvalue weighted by Gasteiger charge is 2.07. The van der Waals surface area contributed by atoms with Gasteiger partial charge in [0, 0.05) is 19.2 Å². The summed E-state index contributed by atoms with van der Waals surface area (Å²) in [7, 11) is 1.63. The van der Waals surface area contributed by atoms with Crippen LogP contribution in [0.5, 0.6) is 0 Å². The predicted molar refractivity (Wildman–Crippen MR) is 76.3 cm³/mol. The Morgan fingerprint density at radius 2 is 2.06 bits per heavy atom. The fraction of sp³-hybridized carbons (Fsp3) is 0.231. The van der Waals surface area contributed by atoms with E-state index in [1.165, 1.54) is 6.08 Å². The number of allylic oxidation sites excluding steroid dienone is 3. The number of nitrogens with zero attached hydrogens (tertiary/aromatic N) is 2. The number of aliphatic imine (C=N–C) groups is 2. The molecule has 17 heavy (non-hydrogen) atoms. The third-order valence-corrected chi connectivity index (χ3v) is 2.02. The molecule has 0 aromatic heterocycles. The summed E-state index contributed by atoms with van der Waals surface area (Å²) in [6, 6.07) is 0. The first-order chi connectivity index (χ1) is 8.10. The SMILES string of the molecule is C=CC(N)=NC(=NC)C(=C)/C(=C\C=C/C)CN. The maximum absolute atomic E-state index is 5.65. The molecule has 0 spiro atoms. The monoisotopic (exact) mass is 232 g/mol. The van der Waals surface area contributed by atoms with Crippen LogP contribution >= 0.6 is 0 Å². The molecular formula is C13H20N4. The van der Waals surface area contributed by atoms with E-state index in [1.54, 1.807) is 7.05 Å². The highest BCUT2D eigenvalue weighted by Crippen LogP contribution is 2.10. The minimum Gasteiger partial charge on any atom is -0.384 e. The van der Waals surface area contributed by atoms with Crippen LogP contribution in [-0.2, 0) is 0 Å². The Kier molecular flexibility index (Phi) is 7.30. The molecule has 0 atom stereocenters. The normalized spacial score (nSPS) is 14.2. The molecular weight excluding hydrogens is 212 g/mol. The molecule has 0 fully saturated rings. The first-order valence-electron chi connectivity index (χ1n) is 5.25. The van der Waals surface area contributed by atoms with Crippen LogP contribution in [0.25, 0.3) is 0 Å². The van der Waals surface area contributed by atoms with Crippen molar-refractivity contribution < 1.29 is 0 Å². The molecule has 0 rings (SSSR count). The molecule has 0 amide bonds. The van der Waals surface area contributed by atoms with Crippen LogP contribution in [-0.4, -0.2) is 25.3 Å². The summed E-state index contributed by atoms with van der Waals surface area (Å²) in [4.78, 5) is 8.13. The van der Waals surface area contributed by atoms with Gasteiger partial charge in [0.15, 0.2) is 5.84 Å². The second kappa shape index (κ2) is 8.24. The highest BCUT2D eigenvalue weighted by atomic mass is 14.9. The molecule has 0 aromatic rings. The minimum atomic E-state index is 0.300. The van der Waals surface area contributed by atoms with Gasteiger partial charge in [-0.05, 0) is 18.6 Å². The quantitative estimate of drug-likeness (QED) is 0.429. The van der Waals surface area contributed by atoms with E-state index in [9.17, 15) is 0 Å². The lowest BCUT2D eigenvalue weighted by molar-refractivity contribution is 1.17. The van der Waals surface area contributed by atoms with Gasteiger partial charge in [0.1, 0.15) is 5.84 Å². The fourth-order valence-corrected chi connectivity index (χ4v) is 1.07. The fourth-order valence-electron chi connectivity index (χ4n) is 1.07. The zero-order chi connectivity index (χ0) is 13.3. The Balaban J connectivity index is 5.18. The molecule has 0 radical (unpaired) electrons. The van der Waals surface area contributed by atoms with Gasteiger partial charge in [-0.25, -0.2) is 4.99 Å². The van der Waals surface area contributed by atoms with Crippen molar-refractivity contribution in [3.05, 3.63) is 48.6 Å². The van der Waals surface area contributed by atoms with Crippen molar-refractivity contribution in [2.24, 2.45) is 21.5 Å². The maximum Gasteiger partial charge on any atom is 0.156 e. The smallest absolute Gasteiger partial charge is 0.156 e. The number of hydrogen-bond acceptors (Lipinski definition) is 2. The zero-order valence-electron chi connectivity index (χ0n) is 10.5. The molecule has 4 nitrogen and oxygen atoms in total. The van der Waals surface area contributed by atoms with Crippen molar-refractivity contribution >= 4 is 11.7 Å². The largest absolute Gasteiger partial charge is 0.384 e. The molecule has 4 N–H and O–H groups in total. The van der Waals surface area contributed by atoms with E-state index in [2.05, 4.69) is 23.1 Å². The van der Waals surface area contributed by atoms with E-state index in [1.807, 2.05) is 25.2 Å². The van der Waals surface area contributed by atoms with Crippen LogP contribution in [0.3, 0.4) is 0 Å². The molecule has 0 aliphatic carbocycles. The van der Waals surface area contributed by atoms with Gasteiger partial charge in [-0.2, -0.15) is 0 Å². The summed E-state index contributed by atoms with van der Waals surface area (Å²) >= 11 is 0.